The monoisotopic (exact) mass is 458 g/mol. The molecule has 1 amide bonds. The number of phenols is 1. The minimum atomic E-state index is -0.135. The number of anilines is 1. The molecular weight excluding hydrogens is 440 g/mol. The number of carbonyl (C=O) groups is 1. The van der Waals surface area contributed by atoms with Crippen molar-refractivity contribution in [1.29, 1.82) is 0 Å². The largest absolute Gasteiger partial charge is 0.507 e. The molecule has 8 heteroatoms. The fourth-order valence-electron chi connectivity index (χ4n) is 2.60. The van der Waals surface area contributed by atoms with E-state index >= 15 is 0 Å². The van der Waals surface area contributed by atoms with Gasteiger partial charge < -0.3 is 10.4 Å². The normalized spacial score (nSPS) is 10.6. The number of para-hydroxylation sites is 1. The standard InChI is InChI=1S/C20H19BrN4O2S/c1-3-10-25-19(15-6-4-5-7-17(15)26)23-24-20(25)28-12-18(27)22-14-8-9-16(21)13(2)11-14/h3-9,11,26H,1,10,12H2,2H3,(H,22,27). The van der Waals surface area contributed by atoms with Crippen LogP contribution in [0.5, 0.6) is 5.75 Å². The van der Waals surface area contributed by atoms with Crippen LogP contribution in [0.4, 0.5) is 5.69 Å². The second-order valence-electron chi connectivity index (χ2n) is 6.02. The molecule has 0 spiro atoms. The molecule has 0 fully saturated rings. The Labute approximate surface area is 175 Å². The minimum absolute atomic E-state index is 0.125. The third-order valence-electron chi connectivity index (χ3n) is 3.95. The van der Waals surface area contributed by atoms with Gasteiger partial charge in [0.1, 0.15) is 5.75 Å². The lowest BCUT2D eigenvalue weighted by Gasteiger charge is -2.09. The molecule has 1 heterocycles. The number of aryl methyl sites for hydroxylation is 1. The Hall–Kier alpha value is -2.58. The van der Waals surface area contributed by atoms with Crippen molar-refractivity contribution < 1.29 is 9.90 Å². The van der Waals surface area contributed by atoms with Crippen LogP contribution in [-0.2, 0) is 11.3 Å². The van der Waals surface area contributed by atoms with Gasteiger partial charge in [-0.1, -0.05) is 45.9 Å². The SMILES string of the molecule is C=CCn1c(SCC(=O)Nc2ccc(Br)c(C)c2)nnc1-c1ccccc1O. The number of carbonyl (C=O) groups excluding carboxylic acids is 1. The summed E-state index contributed by atoms with van der Waals surface area (Å²) in [6.45, 7) is 6.20. The Morgan fingerprint density at radius 3 is 2.82 bits per heavy atom. The van der Waals surface area contributed by atoms with E-state index in [1.165, 1.54) is 11.8 Å². The summed E-state index contributed by atoms with van der Waals surface area (Å²) in [6, 6.07) is 12.6. The summed E-state index contributed by atoms with van der Waals surface area (Å²) < 4.78 is 2.82. The van der Waals surface area contributed by atoms with Crippen molar-refractivity contribution >= 4 is 39.3 Å². The summed E-state index contributed by atoms with van der Waals surface area (Å²) in [5.41, 5.74) is 2.37. The number of thioether (sulfide) groups is 1. The van der Waals surface area contributed by atoms with Crippen LogP contribution < -0.4 is 5.32 Å². The number of aromatic hydroxyl groups is 1. The van der Waals surface area contributed by atoms with Crippen molar-refractivity contribution in [3.63, 3.8) is 0 Å². The number of hydrogen-bond acceptors (Lipinski definition) is 5. The fourth-order valence-corrected chi connectivity index (χ4v) is 3.60. The summed E-state index contributed by atoms with van der Waals surface area (Å²) in [7, 11) is 0. The molecule has 0 radical (unpaired) electrons. The Morgan fingerprint density at radius 1 is 1.32 bits per heavy atom. The number of amides is 1. The highest BCUT2D eigenvalue weighted by Gasteiger charge is 2.17. The van der Waals surface area contributed by atoms with Gasteiger partial charge in [0, 0.05) is 16.7 Å². The molecule has 0 unspecified atom stereocenters. The first-order chi connectivity index (χ1) is 13.5. The predicted molar refractivity (Wildman–Crippen MR) is 116 cm³/mol. The summed E-state index contributed by atoms with van der Waals surface area (Å²) >= 11 is 4.73. The number of allylic oxidation sites excluding steroid dienone is 1. The number of benzene rings is 2. The van der Waals surface area contributed by atoms with Crippen LogP contribution in [-0.4, -0.2) is 31.5 Å². The number of hydrogen-bond donors (Lipinski definition) is 2. The van der Waals surface area contributed by atoms with Crippen LogP contribution >= 0.6 is 27.7 Å². The van der Waals surface area contributed by atoms with Gasteiger partial charge in [-0.25, -0.2) is 0 Å². The zero-order valence-electron chi connectivity index (χ0n) is 15.2. The molecule has 0 saturated heterocycles. The lowest BCUT2D eigenvalue weighted by Crippen LogP contribution is -2.14. The van der Waals surface area contributed by atoms with Crippen LogP contribution in [0.3, 0.4) is 0 Å². The lowest BCUT2D eigenvalue weighted by molar-refractivity contribution is -0.113. The van der Waals surface area contributed by atoms with E-state index in [9.17, 15) is 9.90 Å². The van der Waals surface area contributed by atoms with Gasteiger partial charge in [0.25, 0.3) is 0 Å². The van der Waals surface area contributed by atoms with Crippen LogP contribution in [0, 0.1) is 6.92 Å². The maximum Gasteiger partial charge on any atom is 0.234 e. The van der Waals surface area contributed by atoms with E-state index in [0.29, 0.717) is 23.1 Å². The number of rotatable bonds is 7. The van der Waals surface area contributed by atoms with Gasteiger partial charge >= 0.3 is 0 Å². The van der Waals surface area contributed by atoms with Crippen molar-refractivity contribution in [2.45, 2.75) is 18.6 Å². The van der Waals surface area contributed by atoms with Crippen molar-refractivity contribution in [1.82, 2.24) is 14.8 Å². The van der Waals surface area contributed by atoms with E-state index in [1.807, 2.05) is 35.8 Å². The molecule has 2 aromatic carbocycles. The third-order valence-corrected chi connectivity index (χ3v) is 5.80. The van der Waals surface area contributed by atoms with Crippen LogP contribution in [0.25, 0.3) is 11.4 Å². The lowest BCUT2D eigenvalue weighted by atomic mass is 10.2. The highest BCUT2D eigenvalue weighted by Crippen LogP contribution is 2.30. The zero-order chi connectivity index (χ0) is 20.1. The van der Waals surface area contributed by atoms with Crippen molar-refractivity contribution in [2.75, 3.05) is 11.1 Å². The van der Waals surface area contributed by atoms with Gasteiger partial charge in [-0.15, -0.1) is 16.8 Å². The number of phenolic OH excluding ortho intramolecular Hbond substituents is 1. The Morgan fingerprint density at radius 2 is 2.11 bits per heavy atom. The van der Waals surface area contributed by atoms with E-state index in [0.717, 1.165) is 15.7 Å². The molecule has 3 aromatic rings. The number of nitrogens with one attached hydrogen (secondary N) is 1. The molecule has 0 aliphatic heterocycles. The molecule has 6 nitrogen and oxygen atoms in total. The smallest absolute Gasteiger partial charge is 0.234 e. The first-order valence-electron chi connectivity index (χ1n) is 8.51. The molecule has 144 valence electrons. The molecule has 0 bridgehead atoms. The second kappa shape index (κ2) is 9.07. The third kappa shape index (κ3) is 4.63. The maximum absolute atomic E-state index is 12.3. The number of halogens is 1. The van der Waals surface area contributed by atoms with E-state index in [1.54, 1.807) is 24.3 Å². The van der Waals surface area contributed by atoms with Gasteiger partial charge in [0.15, 0.2) is 11.0 Å². The molecule has 0 atom stereocenters. The molecule has 28 heavy (non-hydrogen) atoms. The molecule has 1 aromatic heterocycles. The quantitative estimate of drug-likeness (QED) is 0.398. The van der Waals surface area contributed by atoms with E-state index in [2.05, 4.69) is 38.0 Å². The van der Waals surface area contributed by atoms with E-state index < -0.39 is 0 Å². The molecule has 0 saturated carbocycles. The average Bonchev–Trinajstić information content (AvgIpc) is 3.06. The highest BCUT2D eigenvalue weighted by atomic mass is 79.9. The molecule has 3 rings (SSSR count). The predicted octanol–water partition coefficient (Wildman–Crippen LogP) is 4.64. The van der Waals surface area contributed by atoms with Crippen molar-refractivity contribution in [3.8, 4) is 17.1 Å². The zero-order valence-corrected chi connectivity index (χ0v) is 17.6. The number of nitrogens with zero attached hydrogens (tertiary/aromatic N) is 3. The van der Waals surface area contributed by atoms with Gasteiger partial charge in [0.2, 0.25) is 5.91 Å². The van der Waals surface area contributed by atoms with Crippen LogP contribution in [0.15, 0.2) is 64.7 Å². The highest BCUT2D eigenvalue weighted by molar-refractivity contribution is 9.10. The number of aromatic nitrogens is 3. The van der Waals surface area contributed by atoms with Crippen molar-refractivity contribution in [2.24, 2.45) is 0 Å². The van der Waals surface area contributed by atoms with Gasteiger partial charge in [0.05, 0.1) is 11.3 Å². The van der Waals surface area contributed by atoms with Crippen molar-refractivity contribution in [3.05, 3.63) is 65.2 Å². The minimum Gasteiger partial charge on any atom is -0.507 e. The topological polar surface area (TPSA) is 80.0 Å². The summed E-state index contributed by atoms with van der Waals surface area (Å²) in [5, 5.41) is 22.0. The Kier molecular flexibility index (Phi) is 6.53. The molecule has 2 N–H and O–H groups in total. The second-order valence-corrected chi connectivity index (χ2v) is 7.82. The van der Waals surface area contributed by atoms with Crippen LogP contribution in [0.2, 0.25) is 0 Å². The van der Waals surface area contributed by atoms with Crippen LogP contribution in [0.1, 0.15) is 5.56 Å². The Bertz CT molecular complexity index is 1020. The summed E-state index contributed by atoms with van der Waals surface area (Å²) in [4.78, 5) is 12.3. The Balaban J connectivity index is 1.73. The molecular formula is C20H19BrN4O2S. The van der Waals surface area contributed by atoms with E-state index in [4.69, 9.17) is 0 Å². The first kappa shape index (κ1) is 20.2. The van der Waals surface area contributed by atoms with E-state index in [-0.39, 0.29) is 17.4 Å². The summed E-state index contributed by atoms with van der Waals surface area (Å²) in [6.07, 6.45) is 1.72. The molecule has 0 aliphatic rings. The maximum atomic E-state index is 12.3. The first-order valence-corrected chi connectivity index (χ1v) is 10.3. The fraction of sp³-hybridized carbons (Fsp3) is 0.150. The van der Waals surface area contributed by atoms with Gasteiger partial charge in [-0.3, -0.25) is 9.36 Å². The van der Waals surface area contributed by atoms with Gasteiger partial charge in [-0.2, -0.15) is 0 Å². The molecule has 0 aliphatic carbocycles. The summed E-state index contributed by atoms with van der Waals surface area (Å²) in [5.74, 6) is 0.707. The van der Waals surface area contributed by atoms with Gasteiger partial charge in [-0.05, 0) is 42.8 Å². The average molecular weight is 459 g/mol.